The first-order valence-electron chi connectivity index (χ1n) is 4.98. The molecule has 0 amide bonds. The molecular formula is C10H9BrN6. The highest BCUT2D eigenvalue weighted by molar-refractivity contribution is 9.10. The highest BCUT2D eigenvalue weighted by Crippen LogP contribution is 2.24. The molecule has 0 saturated heterocycles. The molecule has 0 aliphatic heterocycles. The summed E-state index contributed by atoms with van der Waals surface area (Å²) in [6, 6.07) is 3.78. The number of nitrogens with two attached hydrogens (primary N) is 1. The SMILES string of the molecule is Nc1cc(Br)cc2[nH]c(Cn3cncn3)nc12. The predicted octanol–water partition coefficient (Wildman–Crippen LogP) is 1.55. The van der Waals surface area contributed by atoms with Crippen LogP contribution in [0.25, 0.3) is 11.0 Å². The van der Waals surface area contributed by atoms with Crippen LogP contribution in [0, 0.1) is 0 Å². The molecular weight excluding hydrogens is 284 g/mol. The number of imidazole rings is 1. The van der Waals surface area contributed by atoms with Crippen molar-refractivity contribution in [1.29, 1.82) is 0 Å². The first-order valence-corrected chi connectivity index (χ1v) is 5.78. The molecule has 6 nitrogen and oxygen atoms in total. The lowest BCUT2D eigenvalue weighted by Gasteiger charge is -1.94. The van der Waals surface area contributed by atoms with Crippen molar-refractivity contribution in [2.24, 2.45) is 0 Å². The number of fused-ring (bicyclic) bond motifs is 1. The molecule has 0 atom stereocenters. The van der Waals surface area contributed by atoms with Gasteiger partial charge in [-0.1, -0.05) is 15.9 Å². The Morgan fingerprint density at radius 1 is 1.41 bits per heavy atom. The normalized spacial score (nSPS) is 11.1. The van der Waals surface area contributed by atoms with Crippen molar-refractivity contribution in [3.05, 3.63) is 35.1 Å². The van der Waals surface area contributed by atoms with Gasteiger partial charge < -0.3 is 10.7 Å². The van der Waals surface area contributed by atoms with Crippen molar-refractivity contribution in [2.75, 3.05) is 5.73 Å². The Kier molecular flexibility index (Phi) is 2.32. The number of nitrogens with zero attached hydrogens (tertiary/aromatic N) is 4. The minimum absolute atomic E-state index is 0.547. The Balaban J connectivity index is 2.05. The van der Waals surface area contributed by atoms with Gasteiger partial charge in [0.25, 0.3) is 0 Å². The molecule has 7 heteroatoms. The molecule has 2 aromatic heterocycles. The predicted molar refractivity (Wildman–Crippen MR) is 67.3 cm³/mol. The smallest absolute Gasteiger partial charge is 0.137 e. The van der Waals surface area contributed by atoms with E-state index in [9.17, 15) is 0 Å². The van der Waals surface area contributed by atoms with Gasteiger partial charge in [0.15, 0.2) is 0 Å². The van der Waals surface area contributed by atoms with Gasteiger partial charge in [-0.05, 0) is 12.1 Å². The number of rotatable bonds is 2. The highest BCUT2D eigenvalue weighted by atomic mass is 79.9. The summed E-state index contributed by atoms with van der Waals surface area (Å²) >= 11 is 3.40. The lowest BCUT2D eigenvalue weighted by atomic mass is 10.3. The van der Waals surface area contributed by atoms with Gasteiger partial charge in [0.2, 0.25) is 0 Å². The van der Waals surface area contributed by atoms with Crippen LogP contribution < -0.4 is 5.73 Å². The minimum atomic E-state index is 0.547. The number of nitrogen functional groups attached to an aromatic ring is 1. The Labute approximate surface area is 105 Å². The van der Waals surface area contributed by atoms with E-state index in [2.05, 4.69) is 36.0 Å². The number of benzene rings is 1. The summed E-state index contributed by atoms with van der Waals surface area (Å²) < 4.78 is 2.63. The van der Waals surface area contributed by atoms with Crippen LogP contribution >= 0.6 is 15.9 Å². The van der Waals surface area contributed by atoms with Gasteiger partial charge in [-0.25, -0.2) is 14.6 Å². The Morgan fingerprint density at radius 3 is 3.06 bits per heavy atom. The van der Waals surface area contributed by atoms with E-state index < -0.39 is 0 Å². The minimum Gasteiger partial charge on any atom is -0.397 e. The van der Waals surface area contributed by atoms with Crippen LogP contribution in [-0.2, 0) is 6.54 Å². The average molecular weight is 293 g/mol. The standard InChI is InChI=1S/C10H9BrN6/c11-6-1-7(12)10-8(2-6)15-9(16-10)3-17-5-13-4-14-17/h1-2,4-5H,3,12H2,(H,15,16). The summed E-state index contributed by atoms with van der Waals surface area (Å²) in [7, 11) is 0. The van der Waals surface area contributed by atoms with E-state index in [1.165, 1.54) is 6.33 Å². The monoisotopic (exact) mass is 292 g/mol. The molecule has 17 heavy (non-hydrogen) atoms. The van der Waals surface area contributed by atoms with E-state index in [1.54, 1.807) is 11.0 Å². The first kappa shape index (κ1) is 10.3. The number of nitrogens with one attached hydrogen (secondary N) is 1. The van der Waals surface area contributed by atoms with E-state index in [1.807, 2.05) is 12.1 Å². The third-order valence-electron chi connectivity index (χ3n) is 2.41. The van der Waals surface area contributed by atoms with Crippen molar-refractivity contribution in [3.63, 3.8) is 0 Å². The maximum atomic E-state index is 5.90. The summed E-state index contributed by atoms with van der Waals surface area (Å²) in [6.07, 6.45) is 3.14. The van der Waals surface area contributed by atoms with Gasteiger partial charge in [0.1, 0.15) is 30.5 Å². The average Bonchev–Trinajstić information content (AvgIpc) is 2.87. The van der Waals surface area contributed by atoms with Crippen molar-refractivity contribution in [2.45, 2.75) is 6.54 Å². The largest absolute Gasteiger partial charge is 0.397 e. The summed E-state index contributed by atoms with van der Waals surface area (Å²) in [5.41, 5.74) is 8.24. The summed E-state index contributed by atoms with van der Waals surface area (Å²) in [5, 5.41) is 4.03. The van der Waals surface area contributed by atoms with Crippen LogP contribution in [0.15, 0.2) is 29.3 Å². The number of aromatic nitrogens is 5. The number of halogens is 1. The fourth-order valence-electron chi connectivity index (χ4n) is 1.70. The summed E-state index contributed by atoms with van der Waals surface area (Å²) in [5.74, 6) is 0.801. The zero-order valence-corrected chi connectivity index (χ0v) is 10.3. The maximum absolute atomic E-state index is 5.90. The Morgan fingerprint density at radius 2 is 2.29 bits per heavy atom. The van der Waals surface area contributed by atoms with Crippen molar-refractivity contribution in [1.82, 2.24) is 24.7 Å². The number of anilines is 1. The molecule has 0 fully saturated rings. The van der Waals surface area contributed by atoms with Crippen LogP contribution in [0.2, 0.25) is 0 Å². The lowest BCUT2D eigenvalue weighted by Crippen LogP contribution is -2.01. The summed E-state index contributed by atoms with van der Waals surface area (Å²) in [4.78, 5) is 11.5. The van der Waals surface area contributed by atoms with Crippen LogP contribution in [0.5, 0.6) is 0 Å². The molecule has 3 aromatic rings. The molecule has 2 heterocycles. The van der Waals surface area contributed by atoms with E-state index in [4.69, 9.17) is 5.73 Å². The van der Waals surface area contributed by atoms with E-state index in [0.717, 1.165) is 21.3 Å². The lowest BCUT2D eigenvalue weighted by molar-refractivity contribution is 0.661. The van der Waals surface area contributed by atoms with Crippen molar-refractivity contribution < 1.29 is 0 Å². The van der Waals surface area contributed by atoms with Crippen LogP contribution in [0.3, 0.4) is 0 Å². The molecule has 0 spiro atoms. The third kappa shape index (κ3) is 1.89. The van der Waals surface area contributed by atoms with Crippen LogP contribution in [0.1, 0.15) is 5.82 Å². The van der Waals surface area contributed by atoms with Crippen LogP contribution in [-0.4, -0.2) is 24.7 Å². The maximum Gasteiger partial charge on any atom is 0.137 e. The topological polar surface area (TPSA) is 85.4 Å². The zero-order valence-electron chi connectivity index (χ0n) is 8.76. The molecule has 0 bridgehead atoms. The fraction of sp³-hybridized carbons (Fsp3) is 0.100. The molecule has 0 aliphatic carbocycles. The first-order chi connectivity index (χ1) is 8.22. The van der Waals surface area contributed by atoms with E-state index >= 15 is 0 Å². The molecule has 3 rings (SSSR count). The van der Waals surface area contributed by atoms with E-state index in [-0.39, 0.29) is 0 Å². The zero-order chi connectivity index (χ0) is 11.8. The highest BCUT2D eigenvalue weighted by Gasteiger charge is 2.07. The Hall–Kier alpha value is -1.89. The molecule has 0 radical (unpaired) electrons. The van der Waals surface area contributed by atoms with E-state index in [0.29, 0.717) is 12.2 Å². The quantitative estimate of drug-likeness (QED) is 0.702. The van der Waals surface area contributed by atoms with Gasteiger partial charge in [0, 0.05) is 4.47 Å². The summed E-state index contributed by atoms with van der Waals surface area (Å²) in [6.45, 7) is 0.547. The van der Waals surface area contributed by atoms with Gasteiger partial charge in [-0.15, -0.1) is 0 Å². The third-order valence-corrected chi connectivity index (χ3v) is 2.87. The second-order valence-electron chi connectivity index (χ2n) is 3.67. The van der Waals surface area contributed by atoms with Crippen molar-refractivity contribution in [3.8, 4) is 0 Å². The molecule has 0 unspecified atom stereocenters. The number of aromatic amines is 1. The molecule has 0 aliphatic rings. The van der Waals surface area contributed by atoms with Crippen LogP contribution in [0.4, 0.5) is 5.69 Å². The molecule has 0 saturated carbocycles. The number of hydrogen-bond acceptors (Lipinski definition) is 4. The van der Waals surface area contributed by atoms with Gasteiger partial charge >= 0.3 is 0 Å². The molecule has 1 aromatic carbocycles. The fourth-order valence-corrected chi connectivity index (χ4v) is 2.18. The van der Waals surface area contributed by atoms with Gasteiger partial charge in [-0.3, -0.25) is 0 Å². The van der Waals surface area contributed by atoms with Crippen molar-refractivity contribution >= 4 is 32.7 Å². The second kappa shape index (κ2) is 3.85. The van der Waals surface area contributed by atoms with Gasteiger partial charge in [-0.2, -0.15) is 5.10 Å². The molecule has 3 N–H and O–H groups in total. The van der Waals surface area contributed by atoms with Gasteiger partial charge in [0.05, 0.1) is 11.2 Å². The number of H-pyrrole nitrogens is 1. The molecule has 86 valence electrons. The number of hydrogen-bond donors (Lipinski definition) is 2. The second-order valence-corrected chi connectivity index (χ2v) is 4.58. The Bertz CT molecular complexity index is 657.